The van der Waals surface area contributed by atoms with E-state index in [1.807, 2.05) is 6.07 Å². The number of phenolic OH excluding ortho intramolecular Hbond substituents is 1. The summed E-state index contributed by atoms with van der Waals surface area (Å²) in [6.07, 6.45) is 1.24. The lowest BCUT2D eigenvalue weighted by Crippen LogP contribution is -1.96. The molecular formula is C12H13NO3. The Kier molecular flexibility index (Phi) is 3.90. The molecule has 0 spiro atoms. The van der Waals surface area contributed by atoms with Crippen LogP contribution in [0.3, 0.4) is 0 Å². The third kappa shape index (κ3) is 2.99. The van der Waals surface area contributed by atoms with Crippen molar-refractivity contribution in [2.45, 2.75) is 26.2 Å². The number of aromatic hydroxyl groups is 1. The number of phenols is 1. The molecule has 84 valence electrons. The summed E-state index contributed by atoms with van der Waals surface area (Å²) in [7, 11) is 0. The third-order valence-electron chi connectivity index (χ3n) is 2.34. The Morgan fingerprint density at radius 2 is 2.19 bits per heavy atom. The van der Waals surface area contributed by atoms with Gasteiger partial charge in [-0.05, 0) is 37.0 Å². The standard InChI is InChI=1S/C12H13NO3/c1-8-5-9(3-2-4-11(14)15)6-10(7-13)12(8)16/h5-6,16H,2-4H2,1H3,(H,14,15). The van der Waals surface area contributed by atoms with Crippen LogP contribution in [0, 0.1) is 18.3 Å². The molecule has 16 heavy (non-hydrogen) atoms. The van der Waals surface area contributed by atoms with Crippen molar-refractivity contribution >= 4 is 5.97 Å². The average molecular weight is 219 g/mol. The second-order valence-electron chi connectivity index (χ2n) is 3.67. The van der Waals surface area contributed by atoms with Crippen LogP contribution in [0.15, 0.2) is 12.1 Å². The number of nitrogens with zero attached hydrogens (tertiary/aromatic N) is 1. The smallest absolute Gasteiger partial charge is 0.303 e. The van der Waals surface area contributed by atoms with Gasteiger partial charge >= 0.3 is 5.97 Å². The Balaban J connectivity index is 2.79. The van der Waals surface area contributed by atoms with E-state index in [2.05, 4.69) is 0 Å². The molecule has 2 N–H and O–H groups in total. The van der Waals surface area contributed by atoms with Crippen LogP contribution < -0.4 is 0 Å². The molecule has 0 atom stereocenters. The zero-order valence-electron chi connectivity index (χ0n) is 9.03. The van der Waals surface area contributed by atoms with Gasteiger partial charge in [-0.3, -0.25) is 4.79 Å². The molecule has 0 aliphatic heterocycles. The van der Waals surface area contributed by atoms with E-state index >= 15 is 0 Å². The van der Waals surface area contributed by atoms with Gasteiger partial charge in [0, 0.05) is 6.42 Å². The lowest BCUT2D eigenvalue weighted by atomic mass is 10.0. The number of benzene rings is 1. The summed E-state index contributed by atoms with van der Waals surface area (Å²) in [6, 6.07) is 5.29. The number of nitriles is 1. The molecule has 0 aromatic heterocycles. The minimum Gasteiger partial charge on any atom is -0.506 e. The summed E-state index contributed by atoms with van der Waals surface area (Å²) < 4.78 is 0. The van der Waals surface area contributed by atoms with Crippen LogP contribution in [-0.4, -0.2) is 16.2 Å². The minimum absolute atomic E-state index is 0.00415. The number of hydrogen-bond donors (Lipinski definition) is 2. The molecule has 0 radical (unpaired) electrons. The summed E-state index contributed by atoms with van der Waals surface area (Å²) in [5.74, 6) is -0.819. The number of hydrogen-bond acceptors (Lipinski definition) is 3. The molecule has 0 aliphatic rings. The molecule has 0 heterocycles. The first kappa shape index (κ1) is 12.1. The van der Waals surface area contributed by atoms with Crippen LogP contribution in [0.2, 0.25) is 0 Å². The van der Waals surface area contributed by atoms with Crippen LogP contribution in [-0.2, 0) is 11.2 Å². The molecule has 0 unspecified atom stereocenters. The Bertz CT molecular complexity index is 446. The van der Waals surface area contributed by atoms with Crippen molar-refractivity contribution in [1.29, 1.82) is 5.26 Å². The predicted octanol–water partition coefficient (Wildman–Crippen LogP) is 1.98. The Labute approximate surface area is 93.8 Å². The maximum absolute atomic E-state index is 10.3. The molecule has 0 saturated carbocycles. The molecule has 1 aromatic rings. The second kappa shape index (κ2) is 5.17. The SMILES string of the molecule is Cc1cc(CCCC(=O)O)cc(C#N)c1O. The van der Waals surface area contributed by atoms with E-state index in [0.29, 0.717) is 18.4 Å². The monoisotopic (exact) mass is 219 g/mol. The second-order valence-corrected chi connectivity index (χ2v) is 3.67. The van der Waals surface area contributed by atoms with Crippen molar-refractivity contribution in [3.8, 4) is 11.8 Å². The molecule has 0 aliphatic carbocycles. The normalized spacial score (nSPS) is 9.75. The summed E-state index contributed by atoms with van der Waals surface area (Å²) in [5.41, 5.74) is 1.77. The summed E-state index contributed by atoms with van der Waals surface area (Å²) in [5, 5.41) is 26.8. The summed E-state index contributed by atoms with van der Waals surface area (Å²) in [4.78, 5) is 10.3. The van der Waals surface area contributed by atoms with Crippen molar-refractivity contribution in [2.75, 3.05) is 0 Å². The molecule has 0 fully saturated rings. The highest BCUT2D eigenvalue weighted by Gasteiger charge is 2.07. The van der Waals surface area contributed by atoms with Crippen LogP contribution in [0.4, 0.5) is 0 Å². The zero-order chi connectivity index (χ0) is 12.1. The van der Waals surface area contributed by atoms with E-state index < -0.39 is 5.97 Å². The minimum atomic E-state index is -0.823. The Morgan fingerprint density at radius 3 is 2.75 bits per heavy atom. The van der Waals surface area contributed by atoms with Crippen molar-refractivity contribution in [2.24, 2.45) is 0 Å². The molecule has 0 saturated heterocycles. The zero-order valence-corrected chi connectivity index (χ0v) is 9.03. The van der Waals surface area contributed by atoms with Gasteiger partial charge in [0.2, 0.25) is 0 Å². The van der Waals surface area contributed by atoms with Crippen molar-refractivity contribution < 1.29 is 15.0 Å². The summed E-state index contributed by atoms with van der Waals surface area (Å²) >= 11 is 0. The van der Waals surface area contributed by atoms with Gasteiger partial charge in [0.05, 0.1) is 5.56 Å². The van der Waals surface area contributed by atoms with Gasteiger partial charge in [0.1, 0.15) is 11.8 Å². The number of aryl methyl sites for hydroxylation is 2. The van der Waals surface area contributed by atoms with Crippen molar-refractivity contribution in [3.63, 3.8) is 0 Å². The predicted molar refractivity (Wildman–Crippen MR) is 58.1 cm³/mol. The van der Waals surface area contributed by atoms with Crippen LogP contribution in [0.25, 0.3) is 0 Å². The average Bonchev–Trinajstić information content (AvgIpc) is 2.22. The van der Waals surface area contributed by atoms with Crippen LogP contribution in [0.1, 0.15) is 29.5 Å². The van der Waals surface area contributed by atoms with Gasteiger partial charge in [0.15, 0.2) is 0 Å². The van der Waals surface area contributed by atoms with E-state index in [9.17, 15) is 9.90 Å². The van der Waals surface area contributed by atoms with Gasteiger partial charge in [-0.15, -0.1) is 0 Å². The fourth-order valence-electron chi connectivity index (χ4n) is 1.53. The topological polar surface area (TPSA) is 81.3 Å². The van der Waals surface area contributed by atoms with Crippen LogP contribution >= 0.6 is 0 Å². The van der Waals surface area contributed by atoms with Gasteiger partial charge in [0.25, 0.3) is 0 Å². The highest BCUT2D eigenvalue weighted by molar-refractivity contribution is 5.66. The number of carbonyl (C=O) groups is 1. The molecule has 0 bridgehead atoms. The molecule has 1 aromatic carbocycles. The van der Waals surface area contributed by atoms with E-state index in [4.69, 9.17) is 10.4 Å². The summed E-state index contributed by atoms with van der Waals surface area (Å²) in [6.45, 7) is 1.72. The fourth-order valence-corrected chi connectivity index (χ4v) is 1.53. The lowest BCUT2D eigenvalue weighted by molar-refractivity contribution is -0.137. The highest BCUT2D eigenvalue weighted by Crippen LogP contribution is 2.23. The van der Waals surface area contributed by atoms with Crippen molar-refractivity contribution in [1.82, 2.24) is 0 Å². The maximum atomic E-state index is 10.3. The van der Waals surface area contributed by atoms with Crippen molar-refractivity contribution in [3.05, 3.63) is 28.8 Å². The first-order valence-electron chi connectivity index (χ1n) is 4.99. The van der Waals surface area contributed by atoms with Gasteiger partial charge < -0.3 is 10.2 Å². The fraction of sp³-hybridized carbons (Fsp3) is 0.333. The van der Waals surface area contributed by atoms with E-state index in [1.54, 1.807) is 19.1 Å². The lowest BCUT2D eigenvalue weighted by Gasteiger charge is -2.05. The molecule has 4 heteroatoms. The van der Waals surface area contributed by atoms with E-state index in [-0.39, 0.29) is 17.7 Å². The third-order valence-corrected chi connectivity index (χ3v) is 2.34. The van der Waals surface area contributed by atoms with E-state index in [0.717, 1.165) is 5.56 Å². The van der Waals surface area contributed by atoms with Gasteiger partial charge in [-0.1, -0.05) is 6.07 Å². The number of carboxylic acids is 1. The first-order valence-corrected chi connectivity index (χ1v) is 4.99. The van der Waals surface area contributed by atoms with Gasteiger partial charge in [-0.2, -0.15) is 5.26 Å². The number of aliphatic carboxylic acids is 1. The Hall–Kier alpha value is -2.02. The van der Waals surface area contributed by atoms with E-state index in [1.165, 1.54) is 0 Å². The molecule has 4 nitrogen and oxygen atoms in total. The highest BCUT2D eigenvalue weighted by atomic mass is 16.4. The molecule has 0 amide bonds. The molecular weight excluding hydrogens is 206 g/mol. The van der Waals surface area contributed by atoms with Crippen LogP contribution in [0.5, 0.6) is 5.75 Å². The quantitative estimate of drug-likeness (QED) is 0.811. The number of carboxylic acid groups (broad SMARTS) is 1. The Morgan fingerprint density at radius 1 is 1.50 bits per heavy atom. The van der Waals surface area contributed by atoms with Gasteiger partial charge in [-0.25, -0.2) is 0 Å². The first-order chi connectivity index (χ1) is 7.54. The molecule has 1 rings (SSSR count). The number of rotatable bonds is 4. The largest absolute Gasteiger partial charge is 0.506 e. The maximum Gasteiger partial charge on any atom is 0.303 e.